The average molecular weight is 375 g/mol. The van der Waals surface area contributed by atoms with E-state index in [1.165, 1.54) is 11.0 Å². The number of halogens is 2. The van der Waals surface area contributed by atoms with Crippen molar-refractivity contribution < 1.29 is 24.6 Å². The van der Waals surface area contributed by atoms with Crippen LogP contribution in [-0.4, -0.2) is 46.7 Å². The monoisotopic (exact) mass is 374 g/mol. The maximum absolute atomic E-state index is 12.5. The highest BCUT2D eigenvalue weighted by molar-refractivity contribution is 6.36. The van der Waals surface area contributed by atoms with Crippen LogP contribution in [0.4, 0.5) is 5.69 Å². The van der Waals surface area contributed by atoms with Crippen molar-refractivity contribution in [3.05, 3.63) is 28.2 Å². The van der Waals surface area contributed by atoms with Gasteiger partial charge in [-0.2, -0.15) is 0 Å². The minimum Gasteiger partial charge on any atom is -0.479 e. The van der Waals surface area contributed by atoms with Crippen LogP contribution in [-0.2, 0) is 14.4 Å². The van der Waals surface area contributed by atoms with Gasteiger partial charge in [-0.15, -0.1) is 0 Å². The molecule has 130 valence electrons. The van der Waals surface area contributed by atoms with Crippen LogP contribution >= 0.6 is 23.2 Å². The second kappa shape index (κ2) is 6.96. The zero-order valence-electron chi connectivity index (χ0n) is 12.8. The van der Waals surface area contributed by atoms with Crippen LogP contribution in [0, 0.1) is 5.92 Å². The minimum absolute atomic E-state index is 0.253. The van der Waals surface area contributed by atoms with Gasteiger partial charge in [0.05, 0.1) is 17.3 Å². The Morgan fingerprint density at radius 3 is 2.71 bits per heavy atom. The molecular formula is C15H16Cl2N2O5. The molecule has 0 saturated carbocycles. The summed E-state index contributed by atoms with van der Waals surface area (Å²) >= 11 is 12.0. The van der Waals surface area contributed by atoms with Crippen LogP contribution < -0.4 is 10.2 Å². The smallest absolute Gasteiger partial charge is 0.337 e. The van der Waals surface area contributed by atoms with Crippen molar-refractivity contribution in [1.82, 2.24) is 5.32 Å². The zero-order chi connectivity index (χ0) is 18.1. The predicted octanol–water partition coefficient (Wildman–Crippen LogP) is 1.30. The molecule has 9 heteroatoms. The van der Waals surface area contributed by atoms with Gasteiger partial charge in [-0.25, -0.2) is 4.79 Å². The third kappa shape index (κ3) is 3.80. The molecule has 2 unspecified atom stereocenters. The lowest BCUT2D eigenvalue weighted by Gasteiger charge is -2.20. The second-order valence-electron chi connectivity index (χ2n) is 5.72. The van der Waals surface area contributed by atoms with E-state index in [-0.39, 0.29) is 13.0 Å². The largest absolute Gasteiger partial charge is 0.479 e. The maximum atomic E-state index is 12.5. The molecule has 24 heavy (non-hydrogen) atoms. The lowest BCUT2D eigenvalue weighted by atomic mass is 10.1. The summed E-state index contributed by atoms with van der Waals surface area (Å²) < 4.78 is 0. The Bertz CT molecular complexity index is 692. The first-order chi connectivity index (χ1) is 11.1. The molecule has 1 fully saturated rings. The molecule has 1 aliphatic heterocycles. The first-order valence-corrected chi connectivity index (χ1v) is 7.89. The lowest BCUT2D eigenvalue weighted by molar-refractivity contribution is -0.156. The van der Waals surface area contributed by atoms with Gasteiger partial charge in [0.2, 0.25) is 11.8 Å². The number of amides is 2. The molecule has 0 radical (unpaired) electrons. The molecule has 2 atom stereocenters. The molecule has 1 aliphatic rings. The number of hydrogen-bond acceptors (Lipinski definition) is 4. The molecule has 0 spiro atoms. The van der Waals surface area contributed by atoms with Gasteiger partial charge in [-0.05, 0) is 31.5 Å². The fourth-order valence-electron chi connectivity index (χ4n) is 2.31. The van der Waals surface area contributed by atoms with Crippen LogP contribution in [0.25, 0.3) is 0 Å². The molecule has 1 aromatic rings. The number of anilines is 1. The summed E-state index contributed by atoms with van der Waals surface area (Å²) in [4.78, 5) is 36.8. The minimum atomic E-state index is -2.10. The van der Waals surface area contributed by atoms with Crippen LogP contribution in [0.15, 0.2) is 18.2 Å². The summed E-state index contributed by atoms with van der Waals surface area (Å²) in [6, 6.07) is 4.69. The van der Waals surface area contributed by atoms with Crippen molar-refractivity contribution >= 4 is 46.7 Å². The Morgan fingerprint density at radius 1 is 1.42 bits per heavy atom. The third-order valence-corrected chi connectivity index (χ3v) is 4.34. The number of nitrogens with one attached hydrogen (secondary N) is 1. The van der Waals surface area contributed by atoms with E-state index in [2.05, 4.69) is 5.32 Å². The van der Waals surface area contributed by atoms with Crippen molar-refractivity contribution in [3.8, 4) is 0 Å². The van der Waals surface area contributed by atoms with Crippen LogP contribution in [0.3, 0.4) is 0 Å². The maximum Gasteiger partial charge on any atom is 0.337 e. The summed E-state index contributed by atoms with van der Waals surface area (Å²) in [5, 5.41) is 21.5. The predicted molar refractivity (Wildman–Crippen MR) is 88.2 cm³/mol. The fraction of sp³-hybridized carbons (Fsp3) is 0.400. The van der Waals surface area contributed by atoms with Crippen molar-refractivity contribution in [2.75, 3.05) is 18.0 Å². The number of carboxylic acid groups (broad SMARTS) is 1. The molecule has 3 N–H and O–H groups in total. The number of aliphatic carboxylic acids is 1. The molecule has 2 rings (SSSR count). The van der Waals surface area contributed by atoms with E-state index < -0.39 is 35.8 Å². The number of rotatable bonds is 5. The van der Waals surface area contributed by atoms with Gasteiger partial charge < -0.3 is 20.4 Å². The topological polar surface area (TPSA) is 107 Å². The average Bonchev–Trinajstić information content (AvgIpc) is 2.89. The number of carbonyl (C=O) groups excluding carboxylic acids is 2. The van der Waals surface area contributed by atoms with Gasteiger partial charge in [0.25, 0.3) is 0 Å². The van der Waals surface area contributed by atoms with E-state index in [9.17, 15) is 19.5 Å². The van der Waals surface area contributed by atoms with E-state index in [1.54, 1.807) is 12.1 Å². The molecule has 2 amide bonds. The lowest BCUT2D eigenvalue weighted by Crippen LogP contribution is -2.48. The second-order valence-corrected chi connectivity index (χ2v) is 6.57. The summed E-state index contributed by atoms with van der Waals surface area (Å²) in [6.45, 7) is 0.847. The van der Waals surface area contributed by atoms with Crippen LogP contribution in [0.1, 0.15) is 13.3 Å². The fourth-order valence-corrected chi connectivity index (χ4v) is 2.70. The summed E-state index contributed by atoms with van der Waals surface area (Å²) in [5.41, 5.74) is -1.69. The quantitative estimate of drug-likeness (QED) is 0.673. The van der Waals surface area contributed by atoms with Crippen LogP contribution in [0.2, 0.25) is 10.0 Å². The summed E-state index contributed by atoms with van der Waals surface area (Å²) in [5.74, 6) is -3.52. The number of carbonyl (C=O) groups is 3. The standard InChI is InChI=1S/C15H16Cl2N2O5/c1-15(24,14(22)23)7-18-12(20)9-4-5-19(13(9)21)11-6-8(16)2-3-10(11)17/h2-3,6,9,24H,4-5,7H2,1H3,(H,18,20)(H,22,23). The number of aliphatic hydroxyl groups is 1. The molecular weight excluding hydrogens is 359 g/mol. The Labute approximate surface area is 148 Å². The van der Waals surface area contributed by atoms with Gasteiger partial charge in [0.1, 0.15) is 5.92 Å². The molecule has 0 aromatic heterocycles. The Morgan fingerprint density at radius 2 is 2.08 bits per heavy atom. The number of hydrogen-bond donors (Lipinski definition) is 3. The van der Waals surface area contributed by atoms with Gasteiger partial charge >= 0.3 is 5.97 Å². The van der Waals surface area contributed by atoms with Gasteiger partial charge in [0.15, 0.2) is 5.60 Å². The van der Waals surface area contributed by atoms with Crippen molar-refractivity contribution in [1.29, 1.82) is 0 Å². The van der Waals surface area contributed by atoms with E-state index in [0.717, 1.165) is 6.92 Å². The molecule has 0 bridgehead atoms. The highest BCUT2D eigenvalue weighted by Gasteiger charge is 2.39. The highest BCUT2D eigenvalue weighted by atomic mass is 35.5. The Hall–Kier alpha value is -1.83. The number of nitrogens with zero attached hydrogens (tertiary/aromatic N) is 1. The van der Waals surface area contributed by atoms with Crippen molar-refractivity contribution in [2.24, 2.45) is 5.92 Å². The first kappa shape index (κ1) is 18.5. The van der Waals surface area contributed by atoms with Crippen LogP contribution in [0.5, 0.6) is 0 Å². The number of carboxylic acids is 1. The molecule has 1 heterocycles. The van der Waals surface area contributed by atoms with Crippen molar-refractivity contribution in [2.45, 2.75) is 18.9 Å². The highest BCUT2D eigenvalue weighted by Crippen LogP contribution is 2.33. The summed E-state index contributed by atoms with van der Waals surface area (Å²) in [6.07, 6.45) is 0.253. The molecule has 1 aromatic carbocycles. The van der Waals surface area contributed by atoms with E-state index in [0.29, 0.717) is 15.7 Å². The Balaban J connectivity index is 2.07. The SMILES string of the molecule is CC(O)(CNC(=O)C1CCN(c2cc(Cl)ccc2Cl)C1=O)C(=O)O. The first-order valence-electron chi connectivity index (χ1n) is 7.13. The molecule has 0 aliphatic carbocycles. The molecule has 7 nitrogen and oxygen atoms in total. The Kier molecular flexibility index (Phi) is 5.37. The van der Waals surface area contributed by atoms with Crippen molar-refractivity contribution in [3.63, 3.8) is 0 Å². The van der Waals surface area contributed by atoms with Gasteiger partial charge in [-0.1, -0.05) is 23.2 Å². The third-order valence-electron chi connectivity index (χ3n) is 3.79. The zero-order valence-corrected chi connectivity index (χ0v) is 14.3. The molecule has 1 saturated heterocycles. The van der Waals surface area contributed by atoms with E-state index in [4.69, 9.17) is 28.3 Å². The van der Waals surface area contributed by atoms with Gasteiger partial charge in [0, 0.05) is 11.6 Å². The van der Waals surface area contributed by atoms with E-state index >= 15 is 0 Å². The summed E-state index contributed by atoms with van der Waals surface area (Å²) in [7, 11) is 0. The normalized spacial score (nSPS) is 19.9. The number of benzene rings is 1. The van der Waals surface area contributed by atoms with E-state index in [1.807, 2.05) is 0 Å². The van der Waals surface area contributed by atoms with Gasteiger partial charge in [-0.3, -0.25) is 9.59 Å².